The summed E-state index contributed by atoms with van der Waals surface area (Å²) >= 11 is 0. The summed E-state index contributed by atoms with van der Waals surface area (Å²) in [6, 6.07) is 10.6. The van der Waals surface area contributed by atoms with Crippen molar-refractivity contribution in [3.63, 3.8) is 0 Å². The molecular weight excluding hydrogens is 558 g/mol. The molecule has 1 aromatic heterocycles. The first-order valence-corrected chi connectivity index (χ1v) is 12.8. The smallest absolute Gasteiger partial charge is 0.331 e. The van der Waals surface area contributed by atoms with Crippen molar-refractivity contribution in [1.82, 2.24) is 10.3 Å². The quantitative estimate of drug-likeness (QED) is 0.393. The number of benzene rings is 2. The van der Waals surface area contributed by atoms with Crippen molar-refractivity contribution in [2.45, 2.75) is 38.2 Å². The van der Waals surface area contributed by atoms with Crippen LogP contribution in [0.15, 0.2) is 60.8 Å². The molecule has 2 aromatic carbocycles. The highest BCUT2D eigenvalue weighted by Crippen LogP contribution is 2.30. The van der Waals surface area contributed by atoms with E-state index in [1.165, 1.54) is 67.9 Å². The van der Waals surface area contributed by atoms with Gasteiger partial charge in [0, 0.05) is 19.2 Å². The number of hydrogen-bond donors (Lipinski definition) is 1. The SMILES string of the molecule is COc1ccnc(C(=O)NC2COCC(Oc3ccc(F)cc3)C(Oc3ccc(F)cc3)C(C)OC2=O)c1OC(C)=O. The van der Waals surface area contributed by atoms with Crippen LogP contribution in [0.25, 0.3) is 0 Å². The van der Waals surface area contributed by atoms with E-state index in [4.69, 9.17) is 28.4 Å². The third-order valence-electron chi connectivity index (χ3n) is 6.02. The summed E-state index contributed by atoms with van der Waals surface area (Å²) in [5.41, 5.74) is -0.305. The number of cyclic esters (lactones) is 1. The summed E-state index contributed by atoms with van der Waals surface area (Å²) in [5, 5.41) is 2.49. The van der Waals surface area contributed by atoms with Crippen molar-refractivity contribution < 1.29 is 51.6 Å². The molecule has 1 saturated heterocycles. The largest absolute Gasteiger partial charge is 0.493 e. The van der Waals surface area contributed by atoms with Crippen LogP contribution in [0.4, 0.5) is 8.78 Å². The molecule has 2 heterocycles. The van der Waals surface area contributed by atoms with Gasteiger partial charge in [0.2, 0.25) is 5.75 Å². The second-order valence-corrected chi connectivity index (χ2v) is 9.14. The molecule has 3 aromatic rings. The summed E-state index contributed by atoms with van der Waals surface area (Å²) in [4.78, 5) is 42.0. The average molecular weight is 587 g/mol. The average Bonchev–Trinajstić information content (AvgIpc) is 3.00. The van der Waals surface area contributed by atoms with Crippen LogP contribution in [0.3, 0.4) is 0 Å². The molecule has 0 bridgehead atoms. The standard InChI is InChI=1S/C29H28F2N2O9/c1-16-26(42-21-10-6-19(31)7-11-21)24(41-20-8-4-18(30)5-9-20)15-38-14-22(29(36)39-16)33-28(35)25-27(40-17(2)34)23(37-3)12-13-32-25/h4-13,16,22,24,26H,14-15H2,1-3H3,(H,33,35). The van der Waals surface area contributed by atoms with Gasteiger partial charge in [-0.05, 0) is 55.5 Å². The molecule has 4 unspecified atom stereocenters. The highest BCUT2D eigenvalue weighted by atomic mass is 19.1. The van der Waals surface area contributed by atoms with Crippen molar-refractivity contribution in [3.05, 3.63) is 78.1 Å². The van der Waals surface area contributed by atoms with Crippen LogP contribution >= 0.6 is 0 Å². The Hall–Kier alpha value is -4.78. The van der Waals surface area contributed by atoms with E-state index in [1.54, 1.807) is 6.92 Å². The van der Waals surface area contributed by atoms with Gasteiger partial charge in [0.15, 0.2) is 29.7 Å². The Labute approximate surface area is 239 Å². The molecule has 1 aliphatic rings. The number of pyridine rings is 1. The summed E-state index contributed by atoms with van der Waals surface area (Å²) < 4.78 is 60.8. The zero-order valence-corrected chi connectivity index (χ0v) is 22.9. The Morgan fingerprint density at radius 1 is 0.952 bits per heavy atom. The van der Waals surface area contributed by atoms with Gasteiger partial charge in [-0.25, -0.2) is 18.6 Å². The number of halogens is 2. The maximum absolute atomic E-state index is 13.5. The van der Waals surface area contributed by atoms with Gasteiger partial charge in [-0.2, -0.15) is 0 Å². The molecule has 4 atom stereocenters. The number of hydrogen-bond acceptors (Lipinski definition) is 10. The fraction of sp³-hybridized carbons (Fsp3) is 0.310. The summed E-state index contributed by atoms with van der Waals surface area (Å²) in [6.45, 7) is 2.22. The normalized spacial score (nSPS) is 20.6. The first-order chi connectivity index (χ1) is 20.1. The van der Waals surface area contributed by atoms with E-state index in [0.29, 0.717) is 5.75 Å². The summed E-state index contributed by atoms with van der Waals surface area (Å²) in [5.74, 6) is -2.96. The van der Waals surface area contributed by atoms with Crippen LogP contribution in [-0.2, 0) is 19.1 Å². The minimum Gasteiger partial charge on any atom is -0.493 e. The molecule has 0 radical (unpaired) electrons. The Kier molecular flexibility index (Phi) is 9.86. The lowest BCUT2D eigenvalue weighted by atomic mass is 10.1. The van der Waals surface area contributed by atoms with E-state index in [9.17, 15) is 23.2 Å². The number of rotatable bonds is 8. The maximum Gasteiger partial charge on any atom is 0.331 e. The number of ether oxygens (including phenoxy) is 6. The van der Waals surface area contributed by atoms with Crippen molar-refractivity contribution in [2.75, 3.05) is 20.3 Å². The molecule has 1 N–H and O–H groups in total. The molecule has 0 aliphatic carbocycles. The maximum atomic E-state index is 13.5. The molecule has 11 nitrogen and oxygen atoms in total. The van der Waals surface area contributed by atoms with Crippen molar-refractivity contribution in [1.29, 1.82) is 0 Å². The van der Waals surface area contributed by atoms with Gasteiger partial charge in [0.1, 0.15) is 29.2 Å². The van der Waals surface area contributed by atoms with Crippen molar-refractivity contribution >= 4 is 17.8 Å². The van der Waals surface area contributed by atoms with Crippen LogP contribution in [0.1, 0.15) is 24.3 Å². The van der Waals surface area contributed by atoms with E-state index < -0.39 is 53.8 Å². The Balaban J connectivity index is 1.57. The molecule has 4 rings (SSSR count). The summed E-state index contributed by atoms with van der Waals surface area (Å²) in [7, 11) is 1.32. The van der Waals surface area contributed by atoms with Crippen LogP contribution in [0, 0.1) is 11.6 Å². The number of esters is 2. The third-order valence-corrected chi connectivity index (χ3v) is 6.02. The second-order valence-electron chi connectivity index (χ2n) is 9.14. The predicted octanol–water partition coefficient (Wildman–Crippen LogP) is 3.25. The number of nitrogens with zero attached hydrogens (tertiary/aromatic N) is 1. The number of amides is 1. The fourth-order valence-electron chi connectivity index (χ4n) is 4.05. The molecule has 222 valence electrons. The van der Waals surface area contributed by atoms with Gasteiger partial charge in [0.25, 0.3) is 5.91 Å². The van der Waals surface area contributed by atoms with E-state index in [-0.39, 0.29) is 36.2 Å². The van der Waals surface area contributed by atoms with E-state index in [1.807, 2.05) is 0 Å². The lowest BCUT2D eigenvalue weighted by molar-refractivity contribution is -0.156. The van der Waals surface area contributed by atoms with Gasteiger partial charge in [-0.3, -0.25) is 9.59 Å². The van der Waals surface area contributed by atoms with Crippen LogP contribution in [0.2, 0.25) is 0 Å². The first kappa shape index (κ1) is 30.2. The van der Waals surface area contributed by atoms with Crippen molar-refractivity contribution in [2.24, 2.45) is 0 Å². The lowest BCUT2D eigenvalue weighted by Crippen LogP contribution is -2.48. The zero-order chi connectivity index (χ0) is 30.2. The number of carbonyl (C=O) groups is 3. The zero-order valence-electron chi connectivity index (χ0n) is 22.9. The van der Waals surface area contributed by atoms with E-state index in [2.05, 4.69) is 10.3 Å². The van der Waals surface area contributed by atoms with Gasteiger partial charge >= 0.3 is 11.9 Å². The van der Waals surface area contributed by atoms with Gasteiger partial charge in [0.05, 0.1) is 20.3 Å². The first-order valence-electron chi connectivity index (χ1n) is 12.8. The van der Waals surface area contributed by atoms with Crippen molar-refractivity contribution in [3.8, 4) is 23.0 Å². The number of aromatic nitrogens is 1. The second kappa shape index (κ2) is 13.7. The third kappa shape index (κ3) is 7.69. The van der Waals surface area contributed by atoms with Gasteiger partial charge < -0.3 is 33.7 Å². The van der Waals surface area contributed by atoms with Crippen LogP contribution in [0.5, 0.6) is 23.0 Å². The molecule has 13 heteroatoms. The molecule has 1 aliphatic heterocycles. The lowest BCUT2D eigenvalue weighted by Gasteiger charge is -2.31. The molecule has 0 saturated carbocycles. The fourth-order valence-corrected chi connectivity index (χ4v) is 4.05. The molecule has 1 fully saturated rings. The predicted molar refractivity (Wildman–Crippen MR) is 141 cm³/mol. The minimum absolute atomic E-state index is 0.0776. The van der Waals surface area contributed by atoms with Crippen LogP contribution in [-0.4, -0.2) is 67.5 Å². The Bertz CT molecular complexity index is 1400. The topological polar surface area (TPSA) is 132 Å². The Morgan fingerprint density at radius 3 is 2.17 bits per heavy atom. The summed E-state index contributed by atoms with van der Waals surface area (Å²) in [6.07, 6.45) is -1.57. The number of carbonyl (C=O) groups excluding carboxylic acids is 3. The van der Waals surface area contributed by atoms with Gasteiger partial charge in [-0.1, -0.05) is 0 Å². The van der Waals surface area contributed by atoms with Gasteiger partial charge in [-0.15, -0.1) is 0 Å². The minimum atomic E-state index is -1.31. The number of methoxy groups -OCH3 is 1. The molecule has 1 amide bonds. The van der Waals surface area contributed by atoms with E-state index in [0.717, 1.165) is 6.92 Å². The van der Waals surface area contributed by atoms with E-state index >= 15 is 0 Å². The monoisotopic (exact) mass is 586 g/mol. The highest BCUT2D eigenvalue weighted by Gasteiger charge is 2.38. The van der Waals surface area contributed by atoms with Crippen LogP contribution < -0.4 is 24.3 Å². The molecule has 42 heavy (non-hydrogen) atoms. The highest BCUT2D eigenvalue weighted by molar-refractivity contribution is 5.98. The molecular formula is C29H28F2N2O9. The number of nitrogens with one attached hydrogen (secondary N) is 1. The Morgan fingerprint density at radius 2 is 1.57 bits per heavy atom. The molecule has 0 spiro atoms.